The van der Waals surface area contributed by atoms with Crippen LogP contribution in [0.4, 0.5) is 0 Å². The largest absolute Gasteiger partial charge is 0.361 e. The normalized spacial score (nSPS) is 13.1. The molecule has 1 atom stereocenters. The minimum Gasteiger partial charge on any atom is -0.361 e. The van der Waals surface area contributed by atoms with Gasteiger partial charge in [0.25, 0.3) is 0 Å². The van der Waals surface area contributed by atoms with Gasteiger partial charge in [0.15, 0.2) is 5.78 Å². The van der Waals surface area contributed by atoms with Crippen LogP contribution in [-0.4, -0.2) is 23.9 Å². The smallest absolute Gasteiger partial charge is 0.152 e. The van der Waals surface area contributed by atoms with Gasteiger partial charge in [0.2, 0.25) is 0 Å². The summed E-state index contributed by atoms with van der Waals surface area (Å²) in [5.41, 5.74) is 2.09. The van der Waals surface area contributed by atoms with Crippen molar-refractivity contribution in [2.75, 3.05) is 7.05 Å². The van der Waals surface area contributed by atoms with Crippen LogP contribution in [0.1, 0.15) is 19.4 Å². The lowest BCUT2D eigenvalue weighted by Gasteiger charge is -2.17. The van der Waals surface area contributed by atoms with Crippen LogP contribution in [0.5, 0.6) is 0 Å². The van der Waals surface area contributed by atoms with Gasteiger partial charge in [-0.25, -0.2) is 0 Å². The zero-order valence-electron chi connectivity index (χ0n) is 11.5. The lowest BCUT2D eigenvalue weighted by Crippen LogP contribution is -2.38. The quantitative estimate of drug-likeness (QED) is 0.882. The highest BCUT2D eigenvalue weighted by atomic mass is 35.5. The fourth-order valence-electron chi connectivity index (χ4n) is 2.34. The van der Waals surface area contributed by atoms with Crippen LogP contribution in [-0.2, 0) is 11.2 Å². The first-order chi connectivity index (χ1) is 9.04. The zero-order valence-corrected chi connectivity index (χ0v) is 12.2. The highest BCUT2D eigenvalue weighted by Gasteiger charge is 2.21. The third-order valence-electron chi connectivity index (χ3n) is 3.42. The number of carbonyl (C=O) groups excluding carboxylic acids is 1. The second-order valence-electron chi connectivity index (χ2n) is 5.08. The van der Waals surface area contributed by atoms with Gasteiger partial charge in [-0.05, 0) is 31.2 Å². The fraction of sp³-hybridized carbons (Fsp3) is 0.400. The third kappa shape index (κ3) is 2.82. The molecular formula is C15H19ClN2O. The van der Waals surface area contributed by atoms with E-state index in [1.807, 2.05) is 45.3 Å². The molecule has 0 amide bonds. The van der Waals surface area contributed by atoms with Crippen LogP contribution >= 0.6 is 11.6 Å². The predicted octanol–water partition coefficient (Wildman–Crippen LogP) is 3.18. The minimum absolute atomic E-state index is 0.0260. The first-order valence-corrected chi connectivity index (χ1v) is 6.87. The molecule has 19 heavy (non-hydrogen) atoms. The standard InChI is InChI=1S/C15H19ClN2O/c1-9(2)15(19)13(17-3)7-10-8-18-12-6-4-5-11(16)14(10)12/h4-6,8-9,13,17-18H,7H2,1-3H3/t13-/m0/s1. The fourth-order valence-corrected chi connectivity index (χ4v) is 2.63. The molecule has 0 spiro atoms. The van der Waals surface area contributed by atoms with Crippen molar-refractivity contribution in [3.63, 3.8) is 0 Å². The van der Waals surface area contributed by atoms with Crippen molar-refractivity contribution in [2.24, 2.45) is 5.92 Å². The van der Waals surface area contributed by atoms with E-state index in [-0.39, 0.29) is 17.7 Å². The van der Waals surface area contributed by atoms with Crippen molar-refractivity contribution in [1.82, 2.24) is 10.3 Å². The van der Waals surface area contributed by atoms with Crippen molar-refractivity contribution in [3.05, 3.63) is 35.0 Å². The number of benzene rings is 1. The molecule has 0 bridgehead atoms. The maximum absolute atomic E-state index is 12.1. The summed E-state index contributed by atoms with van der Waals surface area (Å²) < 4.78 is 0. The Morgan fingerprint density at radius 2 is 2.16 bits per heavy atom. The number of halogens is 1. The van der Waals surface area contributed by atoms with Gasteiger partial charge < -0.3 is 10.3 Å². The number of rotatable bonds is 5. The Bertz CT molecular complexity index is 589. The Hall–Kier alpha value is -1.32. The van der Waals surface area contributed by atoms with E-state index in [9.17, 15) is 4.79 Å². The molecule has 1 aromatic heterocycles. The molecule has 4 heteroatoms. The van der Waals surface area contributed by atoms with Crippen LogP contribution in [0.25, 0.3) is 10.9 Å². The van der Waals surface area contributed by atoms with Crippen molar-refractivity contribution in [2.45, 2.75) is 26.3 Å². The number of likely N-dealkylation sites (N-methyl/N-ethyl adjacent to an activating group) is 1. The molecule has 0 aliphatic carbocycles. The Kier molecular flexibility index (Phi) is 4.27. The van der Waals surface area contributed by atoms with E-state index >= 15 is 0 Å². The maximum Gasteiger partial charge on any atom is 0.152 e. The van der Waals surface area contributed by atoms with Gasteiger partial charge in [-0.2, -0.15) is 0 Å². The van der Waals surface area contributed by atoms with Crippen LogP contribution in [0.3, 0.4) is 0 Å². The molecule has 0 aliphatic rings. The number of carbonyl (C=O) groups is 1. The molecule has 0 radical (unpaired) electrons. The number of hydrogen-bond acceptors (Lipinski definition) is 2. The van der Waals surface area contributed by atoms with Crippen molar-refractivity contribution in [3.8, 4) is 0 Å². The summed E-state index contributed by atoms with van der Waals surface area (Å²) in [5.74, 6) is 0.252. The second kappa shape index (κ2) is 5.76. The Morgan fingerprint density at radius 1 is 1.42 bits per heavy atom. The summed E-state index contributed by atoms with van der Waals surface area (Å²) in [4.78, 5) is 15.3. The van der Waals surface area contributed by atoms with Gasteiger partial charge >= 0.3 is 0 Å². The Morgan fingerprint density at radius 3 is 2.79 bits per heavy atom. The van der Waals surface area contributed by atoms with Gasteiger partial charge in [-0.15, -0.1) is 0 Å². The number of aromatic amines is 1. The van der Waals surface area contributed by atoms with Gasteiger partial charge in [-0.3, -0.25) is 4.79 Å². The first-order valence-electron chi connectivity index (χ1n) is 6.50. The molecule has 1 aromatic carbocycles. The van der Waals surface area contributed by atoms with Crippen LogP contribution in [0, 0.1) is 5.92 Å². The number of Topliss-reactive ketones (excluding diaryl/α,β-unsaturated/α-hetero) is 1. The van der Waals surface area contributed by atoms with E-state index in [4.69, 9.17) is 11.6 Å². The highest BCUT2D eigenvalue weighted by Crippen LogP contribution is 2.27. The van der Waals surface area contributed by atoms with E-state index in [2.05, 4.69) is 10.3 Å². The molecular weight excluding hydrogens is 260 g/mol. The summed E-state index contributed by atoms with van der Waals surface area (Å²) in [6.07, 6.45) is 2.59. The predicted molar refractivity (Wildman–Crippen MR) is 79.7 cm³/mol. The van der Waals surface area contributed by atoms with E-state index in [0.717, 1.165) is 21.5 Å². The molecule has 2 rings (SSSR count). The third-order valence-corrected chi connectivity index (χ3v) is 3.74. The molecule has 2 aromatic rings. The van der Waals surface area contributed by atoms with Crippen molar-refractivity contribution in [1.29, 1.82) is 0 Å². The Balaban J connectivity index is 2.32. The molecule has 0 aliphatic heterocycles. The van der Waals surface area contributed by atoms with Crippen LogP contribution in [0.15, 0.2) is 24.4 Å². The Labute approximate surface area is 118 Å². The first kappa shape index (κ1) is 14.1. The molecule has 0 saturated heterocycles. The number of ketones is 1. The second-order valence-corrected chi connectivity index (χ2v) is 5.49. The lowest BCUT2D eigenvalue weighted by molar-refractivity contribution is -0.123. The molecule has 102 valence electrons. The highest BCUT2D eigenvalue weighted by molar-refractivity contribution is 6.35. The molecule has 3 nitrogen and oxygen atoms in total. The van der Waals surface area contributed by atoms with E-state index in [0.29, 0.717) is 6.42 Å². The summed E-state index contributed by atoms with van der Waals surface area (Å²) in [6, 6.07) is 5.61. The average Bonchev–Trinajstić information content (AvgIpc) is 2.79. The van der Waals surface area contributed by atoms with E-state index in [1.54, 1.807) is 0 Å². The van der Waals surface area contributed by atoms with E-state index in [1.165, 1.54) is 0 Å². The molecule has 0 saturated carbocycles. The van der Waals surface area contributed by atoms with Crippen LogP contribution < -0.4 is 5.32 Å². The summed E-state index contributed by atoms with van der Waals surface area (Å²) in [7, 11) is 1.82. The number of H-pyrrole nitrogens is 1. The molecule has 1 heterocycles. The minimum atomic E-state index is -0.171. The van der Waals surface area contributed by atoms with E-state index < -0.39 is 0 Å². The topological polar surface area (TPSA) is 44.9 Å². The van der Waals surface area contributed by atoms with Gasteiger partial charge in [0.05, 0.1) is 11.1 Å². The summed E-state index contributed by atoms with van der Waals surface area (Å²) in [5, 5.41) is 4.84. The zero-order chi connectivity index (χ0) is 14.0. The van der Waals surface area contributed by atoms with Gasteiger partial charge in [-0.1, -0.05) is 31.5 Å². The molecule has 0 fully saturated rings. The SMILES string of the molecule is CN[C@@H](Cc1c[nH]c2cccc(Cl)c12)C(=O)C(C)C. The van der Waals surface area contributed by atoms with Crippen molar-refractivity contribution >= 4 is 28.3 Å². The maximum atomic E-state index is 12.1. The average molecular weight is 279 g/mol. The number of fused-ring (bicyclic) bond motifs is 1. The van der Waals surface area contributed by atoms with Crippen LogP contribution in [0.2, 0.25) is 5.02 Å². The number of nitrogens with one attached hydrogen (secondary N) is 2. The molecule has 2 N–H and O–H groups in total. The van der Waals surface area contributed by atoms with Gasteiger partial charge in [0, 0.05) is 23.0 Å². The summed E-state index contributed by atoms with van der Waals surface area (Å²) >= 11 is 6.25. The number of aromatic nitrogens is 1. The number of hydrogen-bond donors (Lipinski definition) is 2. The lowest BCUT2D eigenvalue weighted by atomic mass is 9.96. The monoisotopic (exact) mass is 278 g/mol. The van der Waals surface area contributed by atoms with Crippen molar-refractivity contribution < 1.29 is 4.79 Å². The summed E-state index contributed by atoms with van der Waals surface area (Å²) in [6.45, 7) is 3.85. The van der Waals surface area contributed by atoms with Gasteiger partial charge in [0.1, 0.15) is 0 Å². The molecule has 0 unspecified atom stereocenters.